The zero-order valence-corrected chi connectivity index (χ0v) is 19.7. The van der Waals surface area contributed by atoms with Crippen LogP contribution in [0.5, 0.6) is 0 Å². The lowest BCUT2D eigenvalue weighted by atomic mass is 9.87. The lowest BCUT2D eigenvalue weighted by molar-refractivity contribution is 0.122. The molecule has 1 saturated heterocycles. The highest BCUT2D eigenvalue weighted by atomic mass is 19.1. The summed E-state index contributed by atoms with van der Waals surface area (Å²) in [6, 6.07) is 14.9. The first-order valence-corrected chi connectivity index (χ1v) is 11.5. The summed E-state index contributed by atoms with van der Waals surface area (Å²) < 4.78 is 19.8. The van der Waals surface area contributed by atoms with E-state index in [9.17, 15) is 4.39 Å². The highest BCUT2D eigenvalue weighted by molar-refractivity contribution is 6.02. The van der Waals surface area contributed by atoms with Crippen LogP contribution in [0.2, 0.25) is 0 Å². The van der Waals surface area contributed by atoms with Crippen molar-refractivity contribution in [3.8, 4) is 11.3 Å². The molecule has 1 N–H and O–H groups in total. The maximum Gasteiger partial charge on any atom is 0.226 e. The van der Waals surface area contributed by atoms with Crippen LogP contribution in [-0.4, -0.2) is 41.3 Å². The van der Waals surface area contributed by atoms with E-state index in [-0.39, 0.29) is 11.2 Å². The van der Waals surface area contributed by atoms with E-state index in [1.807, 2.05) is 18.2 Å². The quantitative estimate of drug-likeness (QED) is 0.424. The molecule has 0 amide bonds. The lowest BCUT2D eigenvalue weighted by Gasteiger charge is -2.26. The summed E-state index contributed by atoms with van der Waals surface area (Å²) >= 11 is 0. The molecular formula is C27H28FN5O. The Kier molecular flexibility index (Phi) is 5.87. The molecule has 34 heavy (non-hydrogen) atoms. The van der Waals surface area contributed by atoms with Gasteiger partial charge in [-0.1, -0.05) is 32.9 Å². The van der Waals surface area contributed by atoms with E-state index in [0.717, 1.165) is 35.1 Å². The van der Waals surface area contributed by atoms with Crippen molar-refractivity contribution in [3.05, 3.63) is 72.3 Å². The number of halogens is 1. The molecule has 1 fully saturated rings. The van der Waals surface area contributed by atoms with E-state index in [0.29, 0.717) is 30.7 Å². The average Bonchev–Trinajstić information content (AvgIpc) is 2.84. The molecule has 1 aliphatic rings. The van der Waals surface area contributed by atoms with Crippen molar-refractivity contribution in [2.45, 2.75) is 26.2 Å². The van der Waals surface area contributed by atoms with Crippen molar-refractivity contribution >= 4 is 28.2 Å². The number of ether oxygens (including phenoxy) is 1. The number of fused-ring (bicyclic) bond motifs is 1. The van der Waals surface area contributed by atoms with Gasteiger partial charge in [0.2, 0.25) is 5.95 Å². The van der Waals surface area contributed by atoms with Crippen molar-refractivity contribution in [3.63, 3.8) is 0 Å². The molecule has 0 spiro atoms. The van der Waals surface area contributed by atoms with Crippen molar-refractivity contribution in [2.24, 2.45) is 0 Å². The van der Waals surface area contributed by atoms with Gasteiger partial charge in [0.15, 0.2) is 0 Å². The number of hydrogen-bond donors (Lipinski definition) is 1. The Morgan fingerprint density at radius 3 is 2.44 bits per heavy atom. The maximum absolute atomic E-state index is 14.3. The molecule has 2 aromatic heterocycles. The summed E-state index contributed by atoms with van der Waals surface area (Å²) in [6.45, 7) is 9.36. The second-order valence-corrected chi connectivity index (χ2v) is 9.50. The van der Waals surface area contributed by atoms with Gasteiger partial charge in [0, 0.05) is 42.1 Å². The van der Waals surface area contributed by atoms with Gasteiger partial charge in [0.05, 0.1) is 18.9 Å². The molecule has 0 unspecified atom stereocenters. The summed E-state index contributed by atoms with van der Waals surface area (Å²) in [6.07, 6.45) is 3.49. The minimum atomic E-state index is -0.303. The Morgan fingerprint density at radius 1 is 0.941 bits per heavy atom. The topological polar surface area (TPSA) is 63.2 Å². The summed E-state index contributed by atoms with van der Waals surface area (Å²) in [4.78, 5) is 16.0. The number of anilines is 3. The second-order valence-electron chi connectivity index (χ2n) is 9.50. The summed E-state index contributed by atoms with van der Waals surface area (Å²) in [7, 11) is 0. The van der Waals surface area contributed by atoms with Gasteiger partial charge in [-0.2, -0.15) is 0 Å². The standard InChI is InChI=1S/C27H28FN5O/c1-27(2,3)18-4-7-20(8-5-18)31-25-21-9-6-19(28)16-22(21)23(17-30-25)24-10-11-29-26(32-24)33-12-14-34-15-13-33/h4-11,16-17H,12-15H2,1-3H3,(H,30,31). The molecule has 7 heteroatoms. The summed E-state index contributed by atoms with van der Waals surface area (Å²) in [5.41, 5.74) is 3.74. The lowest BCUT2D eigenvalue weighted by Crippen LogP contribution is -2.37. The molecule has 4 aromatic rings. The predicted octanol–water partition coefficient (Wildman–Crippen LogP) is 5.71. The van der Waals surface area contributed by atoms with Gasteiger partial charge >= 0.3 is 0 Å². The van der Waals surface area contributed by atoms with E-state index in [2.05, 4.69) is 48.1 Å². The first-order chi connectivity index (χ1) is 16.4. The Hall–Kier alpha value is -3.58. The fourth-order valence-corrected chi connectivity index (χ4v) is 4.12. The van der Waals surface area contributed by atoms with Gasteiger partial charge in [0.25, 0.3) is 0 Å². The number of hydrogen-bond acceptors (Lipinski definition) is 6. The zero-order chi connectivity index (χ0) is 23.7. The number of morpholine rings is 1. The Bertz CT molecular complexity index is 1310. The molecule has 0 radical (unpaired) electrons. The van der Waals surface area contributed by atoms with E-state index >= 15 is 0 Å². The van der Waals surface area contributed by atoms with Crippen LogP contribution in [0, 0.1) is 5.82 Å². The first kappa shape index (κ1) is 22.2. The molecule has 0 bridgehead atoms. The third-order valence-electron chi connectivity index (χ3n) is 6.08. The van der Waals surface area contributed by atoms with Gasteiger partial charge in [0.1, 0.15) is 11.6 Å². The SMILES string of the molecule is CC(C)(C)c1ccc(Nc2ncc(-c3ccnc(N4CCOCC4)n3)c3cc(F)ccc23)cc1. The third-order valence-corrected chi connectivity index (χ3v) is 6.08. The number of rotatable bonds is 4. The van der Waals surface area contributed by atoms with E-state index in [1.165, 1.54) is 17.7 Å². The van der Waals surface area contributed by atoms with Crippen LogP contribution >= 0.6 is 0 Å². The molecular weight excluding hydrogens is 429 g/mol. The van der Waals surface area contributed by atoms with Gasteiger partial charge in [-0.25, -0.2) is 19.3 Å². The highest BCUT2D eigenvalue weighted by Crippen LogP contribution is 2.33. The average molecular weight is 458 g/mol. The van der Waals surface area contributed by atoms with Crippen molar-refractivity contribution < 1.29 is 9.13 Å². The van der Waals surface area contributed by atoms with Crippen LogP contribution in [0.25, 0.3) is 22.0 Å². The maximum atomic E-state index is 14.3. The summed E-state index contributed by atoms with van der Waals surface area (Å²) in [5, 5.41) is 4.97. The van der Waals surface area contributed by atoms with Gasteiger partial charge < -0.3 is 15.0 Å². The number of pyridine rings is 1. The van der Waals surface area contributed by atoms with Crippen molar-refractivity contribution in [2.75, 3.05) is 36.5 Å². The predicted molar refractivity (Wildman–Crippen MR) is 134 cm³/mol. The minimum absolute atomic E-state index is 0.0836. The highest BCUT2D eigenvalue weighted by Gasteiger charge is 2.17. The van der Waals surface area contributed by atoms with Crippen LogP contribution < -0.4 is 10.2 Å². The van der Waals surface area contributed by atoms with E-state index in [4.69, 9.17) is 14.7 Å². The fraction of sp³-hybridized carbons (Fsp3) is 0.296. The molecule has 174 valence electrons. The minimum Gasteiger partial charge on any atom is -0.378 e. The van der Waals surface area contributed by atoms with Crippen LogP contribution in [0.15, 0.2) is 60.9 Å². The number of benzene rings is 2. The molecule has 6 nitrogen and oxygen atoms in total. The Labute approximate surface area is 198 Å². The van der Waals surface area contributed by atoms with Crippen LogP contribution in [0.4, 0.5) is 21.8 Å². The fourth-order valence-electron chi connectivity index (χ4n) is 4.12. The van der Waals surface area contributed by atoms with Crippen LogP contribution in [-0.2, 0) is 10.2 Å². The summed E-state index contributed by atoms with van der Waals surface area (Å²) in [5.74, 6) is 1.01. The van der Waals surface area contributed by atoms with Gasteiger partial charge in [-0.15, -0.1) is 0 Å². The van der Waals surface area contributed by atoms with E-state index in [1.54, 1.807) is 18.5 Å². The van der Waals surface area contributed by atoms with Gasteiger partial charge in [-0.05, 0) is 52.8 Å². The van der Waals surface area contributed by atoms with Crippen molar-refractivity contribution in [1.29, 1.82) is 0 Å². The van der Waals surface area contributed by atoms with E-state index < -0.39 is 0 Å². The number of aromatic nitrogens is 3. The number of nitrogens with one attached hydrogen (secondary N) is 1. The molecule has 0 atom stereocenters. The normalized spacial score (nSPS) is 14.4. The van der Waals surface area contributed by atoms with Crippen LogP contribution in [0.3, 0.4) is 0 Å². The molecule has 2 aromatic carbocycles. The number of nitrogens with zero attached hydrogens (tertiary/aromatic N) is 4. The molecule has 1 aliphatic heterocycles. The second kappa shape index (κ2) is 8.99. The third kappa shape index (κ3) is 4.56. The first-order valence-electron chi connectivity index (χ1n) is 11.5. The monoisotopic (exact) mass is 457 g/mol. The molecule has 3 heterocycles. The van der Waals surface area contributed by atoms with Crippen molar-refractivity contribution in [1.82, 2.24) is 15.0 Å². The largest absolute Gasteiger partial charge is 0.378 e. The smallest absolute Gasteiger partial charge is 0.226 e. The Balaban J connectivity index is 1.52. The molecule has 0 saturated carbocycles. The van der Waals surface area contributed by atoms with Crippen LogP contribution in [0.1, 0.15) is 26.3 Å². The molecule has 0 aliphatic carbocycles. The Morgan fingerprint density at radius 2 is 1.71 bits per heavy atom. The zero-order valence-electron chi connectivity index (χ0n) is 19.7. The molecule has 5 rings (SSSR count). The van der Waals surface area contributed by atoms with Gasteiger partial charge in [-0.3, -0.25) is 0 Å².